The highest BCUT2D eigenvalue weighted by Crippen LogP contribution is 2.27. The molecule has 0 spiro atoms. The average Bonchev–Trinajstić information content (AvgIpc) is 2.74. The molecule has 0 unspecified atom stereocenters. The summed E-state index contributed by atoms with van der Waals surface area (Å²) in [6, 6.07) is 7.63. The molecule has 1 fully saturated rings. The molecule has 1 aliphatic rings. The van der Waals surface area contributed by atoms with Crippen LogP contribution in [0, 0.1) is 12.3 Å². The van der Waals surface area contributed by atoms with Crippen molar-refractivity contribution in [2.45, 2.75) is 32.7 Å². The largest absolute Gasteiger partial charge is 0.367 e. The highest BCUT2D eigenvalue weighted by Gasteiger charge is 2.20. The highest BCUT2D eigenvalue weighted by molar-refractivity contribution is 6.42. The van der Waals surface area contributed by atoms with Gasteiger partial charge in [-0.3, -0.25) is 10.3 Å². The van der Waals surface area contributed by atoms with Crippen LogP contribution >= 0.6 is 23.2 Å². The molecule has 1 saturated heterocycles. The van der Waals surface area contributed by atoms with Crippen LogP contribution in [0.3, 0.4) is 0 Å². The molecule has 2 N–H and O–H groups in total. The first kappa shape index (κ1) is 22.6. The molecular formula is C21H29Cl2N7. The van der Waals surface area contributed by atoms with E-state index in [0.717, 1.165) is 49.7 Å². The van der Waals surface area contributed by atoms with Gasteiger partial charge in [-0.05, 0) is 44.5 Å². The van der Waals surface area contributed by atoms with Gasteiger partial charge in [0.2, 0.25) is 11.9 Å². The van der Waals surface area contributed by atoms with Crippen molar-refractivity contribution in [1.29, 1.82) is 5.41 Å². The first-order valence-electron chi connectivity index (χ1n) is 10.1. The normalized spacial score (nSPS) is 15.1. The Balaban J connectivity index is 1.72. The molecule has 0 aliphatic carbocycles. The first-order valence-corrected chi connectivity index (χ1v) is 10.9. The summed E-state index contributed by atoms with van der Waals surface area (Å²) >= 11 is 12.1. The van der Waals surface area contributed by atoms with E-state index < -0.39 is 0 Å². The summed E-state index contributed by atoms with van der Waals surface area (Å²) in [5.74, 6) is 1.49. The SMILES string of the molecule is CCN1CCC(Nc2cc(C)nc(N(C)C(=N)N(C)c3ccc(Cl)c(Cl)c3)n2)CC1. The van der Waals surface area contributed by atoms with Crippen molar-refractivity contribution in [1.82, 2.24) is 14.9 Å². The standard InChI is InChI=1S/C21H29Cl2N7/c1-5-30-10-8-15(9-11-30)26-19-12-14(2)25-21(27-19)29(4)20(24)28(3)16-6-7-17(22)18(23)13-16/h6-7,12-13,15,24H,5,8-11H2,1-4H3,(H,25,26,27). The number of piperidine rings is 1. The fraction of sp³-hybridized carbons (Fsp3) is 0.476. The summed E-state index contributed by atoms with van der Waals surface area (Å²) < 4.78 is 0. The first-order chi connectivity index (χ1) is 14.3. The lowest BCUT2D eigenvalue weighted by Gasteiger charge is -2.32. The van der Waals surface area contributed by atoms with Crippen molar-refractivity contribution < 1.29 is 0 Å². The quantitative estimate of drug-likeness (QED) is 0.517. The van der Waals surface area contributed by atoms with Crippen LogP contribution < -0.4 is 15.1 Å². The zero-order valence-electron chi connectivity index (χ0n) is 17.9. The molecular weight excluding hydrogens is 421 g/mol. The topological polar surface area (TPSA) is 71.4 Å². The van der Waals surface area contributed by atoms with Crippen molar-refractivity contribution >= 4 is 46.6 Å². The number of likely N-dealkylation sites (tertiary alicyclic amines) is 1. The Kier molecular flexibility index (Phi) is 7.39. The fourth-order valence-electron chi connectivity index (χ4n) is 3.52. The van der Waals surface area contributed by atoms with Crippen LogP contribution in [0.5, 0.6) is 0 Å². The van der Waals surface area contributed by atoms with E-state index in [-0.39, 0.29) is 5.96 Å². The van der Waals surface area contributed by atoms with Gasteiger partial charge in [-0.15, -0.1) is 0 Å². The molecule has 0 radical (unpaired) electrons. The predicted molar refractivity (Wildman–Crippen MR) is 127 cm³/mol. The van der Waals surface area contributed by atoms with Gasteiger partial charge in [0.1, 0.15) is 5.82 Å². The van der Waals surface area contributed by atoms with E-state index in [4.69, 9.17) is 28.6 Å². The summed E-state index contributed by atoms with van der Waals surface area (Å²) in [6.07, 6.45) is 2.19. The molecule has 30 heavy (non-hydrogen) atoms. The van der Waals surface area contributed by atoms with Crippen LogP contribution in [0.2, 0.25) is 10.0 Å². The van der Waals surface area contributed by atoms with Crippen LogP contribution in [-0.4, -0.2) is 60.6 Å². The minimum Gasteiger partial charge on any atom is -0.367 e. The van der Waals surface area contributed by atoms with Crippen LogP contribution in [0.4, 0.5) is 17.5 Å². The highest BCUT2D eigenvalue weighted by atomic mass is 35.5. The third-order valence-electron chi connectivity index (χ3n) is 5.46. The van der Waals surface area contributed by atoms with Gasteiger partial charge in [0, 0.05) is 50.7 Å². The number of benzene rings is 1. The summed E-state index contributed by atoms with van der Waals surface area (Å²) in [5.41, 5.74) is 1.61. The molecule has 1 aromatic carbocycles. The van der Waals surface area contributed by atoms with Gasteiger partial charge in [-0.1, -0.05) is 30.1 Å². The Morgan fingerprint density at radius 3 is 2.47 bits per heavy atom. The van der Waals surface area contributed by atoms with E-state index in [9.17, 15) is 0 Å². The molecule has 162 valence electrons. The third kappa shape index (κ3) is 5.33. The molecule has 1 aromatic heterocycles. The van der Waals surface area contributed by atoms with Crippen LogP contribution in [0.25, 0.3) is 0 Å². The lowest BCUT2D eigenvalue weighted by molar-refractivity contribution is 0.229. The maximum absolute atomic E-state index is 8.61. The second-order valence-corrected chi connectivity index (χ2v) is 8.40. The van der Waals surface area contributed by atoms with Crippen molar-refractivity contribution in [3.8, 4) is 0 Å². The van der Waals surface area contributed by atoms with E-state index in [1.807, 2.05) is 19.1 Å². The molecule has 0 atom stereocenters. The smallest absolute Gasteiger partial charge is 0.234 e. The van der Waals surface area contributed by atoms with Gasteiger partial charge in [0.25, 0.3) is 0 Å². The number of aryl methyl sites for hydroxylation is 1. The molecule has 1 aliphatic heterocycles. The zero-order valence-corrected chi connectivity index (χ0v) is 19.4. The van der Waals surface area contributed by atoms with E-state index >= 15 is 0 Å². The Hall–Kier alpha value is -2.09. The lowest BCUT2D eigenvalue weighted by atomic mass is 10.1. The number of rotatable bonds is 5. The molecule has 9 heteroatoms. The Morgan fingerprint density at radius 1 is 1.13 bits per heavy atom. The molecule has 3 rings (SSSR count). The van der Waals surface area contributed by atoms with Crippen LogP contribution in [-0.2, 0) is 0 Å². The van der Waals surface area contributed by atoms with Gasteiger partial charge in [0.15, 0.2) is 0 Å². The fourth-order valence-corrected chi connectivity index (χ4v) is 3.81. The molecule has 0 bridgehead atoms. The van der Waals surface area contributed by atoms with Crippen LogP contribution in [0.1, 0.15) is 25.5 Å². The minimum atomic E-state index is 0.223. The number of guanidine groups is 1. The summed E-state index contributed by atoms with van der Waals surface area (Å²) in [4.78, 5) is 15.0. The van der Waals surface area contributed by atoms with Crippen LogP contribution in [0.15, 0.2) is 24.3 Å². The van der Waals surface area contributed by atoms with Crippen molar-refractivity contribution in [2.75, 3.05) is 48.8 Å². The Labute approximate surface area is 188 Å². The number of hydrogen-bond acceptors (Lipinski definition) is 5. The lowest BCUT2D eigenvalue weighted by Crippen LogP contribution is -2.41. The number of hydrogen-bond donors (Lipinski definition) is 2. The monoisotopic (exact) mass is 449 g/mol. The maximum atomic E-state index is 8.61. The number of nitrogens with one attached hydrogen (secondary N) is 2. The predicted octanol–water partition coefficient (Wildman–Crippen LogP) is 4.50. The molecule has 2 heterocycles. The van der Waals surface area contributed by atoms with Crippen molar-refractivity contribution in [2.24, 2.45) is 0 Å². The molecule has 0 saturated carbocycles. The minimum absolute atomic E-state index is 0.223. The van der Waals surface area contributed by atoms with E-state index in [1.165, 1.54) is 0 Å². The van der Waals surface area contributed by atoms with E-state index in [1.54, 1.807) is 36.0 Å². The molecule has 0 amide bonds. The average molecular weight is 450 g/mol. The van der Waals surface area contributed by atoms with Crippen molar-refractivity contribution in [3.05, 3.63) is 40.0 Å². The van der Waals surface area contributed by atoms with E-state index in [0.29, 0.717) is 22.0 Å². The number of halogens is 2. The van der Waals surface area contributed by atoms with Gasteiger partial charge in [0.05, 0.1) is 10.0 Å². The van der Waals surface area contributed by atoms with E-state index in [2.05, 4.69) is 27.1 Å². The zero-order chi connectivity index (χ0) is 21.8. The summed E-state index contributed by atoms with van der Waals surface area (Å²) in [7, 11) is 3.59. The second kappa shape index (κ2) is 9.81. The second-order valence-electron chi connectivity index (χ2n) is 7.59. The number of nitrogens with zero attached hydrogens (tertiary/aromatic N) is 5. The maximum Gasteiger partial charge on any atom is 0.234 e. The third-order valence-corrected chi connectivity index (χ3v) is 6.19. The molecule has 7 nitrogen and oxygen atoms in total. The molecule has 2 aromatic rings. The van der Waals surface area contributed by atoms with Gasteiger partial charge in [-0.2, -0.15) is 4.98 Å². The van der Waals surface area contributed by atoms with Gasteiger partial charge < -0.3 is 15.1 Å². The van der Waals surface area contributed by atoms with Gasteiger partial charge >= 0.3 is 0 Å². The number of anilines is 3. The Morgan fingerprint density at radius 2 is 1.83 bits per heavy atom. The summed E-state index contributed by atoms with van der Waals surface area (Å²) in [6.45, 7) is 7.45. The summed E-state index contributed by atoms with van der Waals surface area (Å²) in [5, 5.41) is 13.1. The van der Waals surface area contributed by atoms with Gasteiger partial charge in [-0.25, -0.2) is 4.98 Å². The van der Waals surface area contributed by atoms with Crippen molar-refractivity contribution in [3.63, 3.8) is 0 Å². The number of aromatic nitrogens is 2. The Bertz CT molecular complexity index is 897.